The van der Waals surface area contributed by atoms with Crippen LogP contribution in [0.15, 0.2) is 24.3 Å². The SMILES string of the molecule is CCC(NC)c1ccccc1N1CCCC1(C)C. The molecule has 2 nitrogen and oxygen atoms in total. The van der Waals surface area contributed by atoms with Crippen molar-refractivity contribution in [2.24, 2.45) is 0 Å². The summed E-state index contributed by atoms with van der Waals surface area (Å²) in [7, 11) is 2.06. The Labute approximate surface area is 111 Å². The first-order valence-corrected chi connectivity index (χ1v) is 7.14. The quantitative estimate of drug-likeness (QED) is 0.870. The first kappa shape index (κ1) is 13.4. The molecule has 0 saturated carbocycles. The van der Waals surface area contributed by atoms with E-state index in [0.717, 1.165) is 6.42 Å². The Bertz CT molecular complexity index is 394. The number of hydrogen-bond donors (Lipinski definition) is 1. The molecule has 0 aliphatic carbocycles. The highest BCUT2D eigenvalue weighted by Gasteiger charge is 2.33. The number of benzene rings is 1. The molecule has 0 amide bonds. The highest BCUT2D eigenvalue weighted by atomic mass is 15.2. The Morgan fingerprint density at radius 1 is 1.33 bits per heavy atom. The molecule has 1 aliphatic heterocycles. The van der Waals surface area contributed by atoms with Crippen LogP contribution >= 0.6 is 0 Å². The fraction of sp³-hybridized carbons (Fsp3) is 0.625. The molecular formula is C16H26N2. The predicted octanol–water partition coefficient (Wildman–Crippen LogP) is 3.74. The zero-order chi connectivity index (χ0) is 13.2. The fourth-order valence-electron chi connectivity index (χ4n) is 3.16. The van der Waals surface area contributed by atoms with E-state index in [0.29, 0.717) is 11.6 Å². The van der Waals surface area contributed by atoms with Gasteiger partial charge >= 0.3 is 0 Å². The molecule has 1 heterocycles. The summed E-state index contributed by atoms with van der Waals surface area (Å²) in [5.41, 5.74) is 3.15. The number of para-hydroxylation sites is 1. The van der Waals surface area contributed by atoms with Crippen LogP contribution in [0.4, 0.5) is 5.69 Å². The largest absolute Gasteiger partial charge is 0.366 e. The van der Waals surface area contributed by atoms with Crippen molar-refractivity contribution in [3.05, 3.63) is 29.8 Å². The summed E-state index contributed by atoms with van der Waals surface area (Å²) >= 11 is 0. The lowest BCUT2D eigenvalue weighted by molar-refractivity contribution is 0.510. The average molecular weight is 246 g/mol. The van der Waals surface area contributed by atoms with E-state index in [1.807, 2.05) is 0 Å². The Morgan fingerprint density at radius 2 is 2.06 bits per heavy atom. The molecule has 1 aromatic rings. The molecule has 1 atom stereocenters. The third kappa shape index (κ3) is 2.39. The van der Waals surface area contributed by atoms with E-state index in [1.165, 1.54) is 30.6 Å². The van der Waals surface area contributed by atoms with Gasteiger partial charge < -0.3 is 10.2 Å². The van der Waals surface area contributed by atoms with Crippen molar-refractivity contribution in [2.45, 2.75) is 51.6 Å². The zero-order valence-corrected chi connectivity index (χ0v) is 12.2. The van der Waals surface area contributed by atoms with Crippen LogP contribution in [-0.2, 0) is 0 Å². The third-order valence-electron chi connectivity index (χ3n) is 4.26. The number of anilines is 1. The van der Waals surface area contributed by atoms with Gasteiger partial charge in [0.05, 0.1) is 0 Å². The molecular weight excluding hydrogens is 220 g/mol. The molecule has 0 bridgehead atoms. The summed E-state index contributed by atoms with van der Waals surface area (Å²) in [4.78, 5) is 2.59. The second-order valence-corrected chi connectivity index (χ2v) is 5.88. The molecule has 1 N–H and O–H groups in total. The minimum Gasteiger partial charge on any atom is -0.366 e. The maximum absolute atomic E-state index is 3.43. The average Bonchev–Trinajstić information content (AvgIpc) is 2.71. The Balaban J connectivity index is 2.38. The number of nitrogens with one attached hydrogen (secondary N) is 1. The molecule has 18 heavy (non-hydrogen) atoms. The van der Waals surface area contributed by atoms with Crippen molar-refractivity contribution in [2.75, 3.05) is 18.5 Å². The second kappa shape index (κ2) is 5.31. The Hall–Kier alpha value is -1.02. The number of nitrogens with zero attached hydrogens (tertiary/aromatic N) is 1. The fourth-order valence-corrected chi connectivity index (χ4v) is 3.16. The van der Waals surface area contributed by atoms with E-state index in [9.17, 15) is 0 Å². The smallest absolute Gasteiger partial charge is 0.0419 e. The van der Waals surface area contributed by atoms with Gasteiger partial charge in [-0.15, -0.1) is 0 Å². The Morgan fingerprint density at radius 3 is 2.61 bits per heavy atom. The van der Waals surface area contributed by atoms with Crippen molar-refractivity contribution in [3.8, 4) is 0 Å². The molecule has 0 radical (unpaired) electrons. The number of rotatable bonds is 4. The standard InChI is InChI=1S/C16H26N2/c1-5-14(17-4)13-9-6-7-10-15(13)18-12-8-11-16(18,2)3/h6-7,9-10,14,17H,5,8,11-12H2,1-4H3. The highest BCUT2D eigenvalue weighted by Crippen LogP contribution is 2.37. The lowest BCUT2D eigenvalue weighted by Gasteiger charge is -2.36. The molecule has 2 heteroatoms. The second-order valence-electron chi connectivity index (χ2n) is 5.88. The lowest BCUT2D eigenvalue weighted by Crippen LogP contribution is -2.39. The van der Waals surface area contributed by atoms with E-state index >= 15 is 0 Å². The zero-order valence-electron chi connectivity index (χ0n) is 12.2. The predicted molar refractivity (Wildman–Crippen MR) is 79.2 cm³/mol. The van der Waals surface area contributed by atoms with Gasteiger partial charge in [-0.1, -0.05) is 25.1 Å². The molecule has 2 rings (SSSR count). The van der Waals surface area contributed by atoms with Crippen LogP contribution in [0.3, 0.4) is 0 Å². The van der Waals surface area contributed by atoms with Crippen LogP contribution in [-0.4, -0.2) is 19.1 Å². The van der Waals surface area contributed by atoms with E-state index in [2.05, 4.69) is 62.3 Å². The van der Waals surface area contributed by atoms with E-state index < -0.39 is 0 Å². The summed E-state index contributed by atoms with van der Waals surface area (Å²) in [6.45, 7) is 8.14. The first-order chi connectivity index (χ1) is 8.60. The van der Waals surface area contributed by atoms with Crippen LogP contribution in [0.5, 0.6) is 0 Å². The van der Waals surface area contributed by atoms with Crippen molar-refractivity contribution in [3.63, 3.8) is 0 Å². The van der Waals surface area contributed by atoms with Gasteiger partial charge in [0.15, 0.2) is 0 Å². The monoisotopic (exact) mass is 246 g/mol. The van der Waals surface area contributed by atoms with Crippen LogP contribution in [0.25, 0.3) is 0 Å². The normalized spacial score (nSPS) is 20.1. The molecule has 1 fully saturated rings. The minimum atomic E-state index is 0.294. The lowest BCUT2D eigenvalue weighted by atomic mass is 9.97. The minimum absolute atomic E-state index is 0.294. The molecule has 1 aromatic carbocycles. The first-order valence-electron chi connectivity index (χ1n) is 7.14. The Kier molecular flexibility index (Phi) is 3.96. The van der Waals surface area contributed by atoms with Crippen LogP contribution in [0.2, 0.25) is 0 Å². The third-order valence-corrected chi connectivity index (χ3v) is 4.26. The van der Waals surface area contributed by atoms with E-state index in [4.69, 9.17) is 0 Å². The van der Waals surface area contributed by atoms with Crippen LogP contribution in [0, 0.1) is 0 Å². The van der Waals surface area contributed by atoms with Gasteiger partial charge in [0, 0.05) is 23.8 Å². The molecule has 0 aromatic heterocycles. The van der Waals surface area contributed by atoms with Gasteiger partial charge in [-0.25, -0.2) is 0 Å². The molecule has 1 unspecified atom stereocenters. The summed E-state index contributed by atoms with van der Waals surface area (Å²) < 4.78 is 0. The van der Waals surface area contributed by atoms with Gasteiger partial charge in [0.2, 0.25) is 0 Å². The van der Waals surface area contributed by atoms with Gasteiger partial charge in [0.1, 0.15) is 0 Å². The van der Waals surface area contributed by atoms with Crippen LogP contribution in [0.1, 0.15) is 51.6 Å². The molecule has 0 spiro atoms. The summed E-state index contributed by atoms with van der Waals surface area (Å²) in [6, 6.07) is 9.33. The summed E-state index contributed by atoms with van der Waals surface area (Å²) in [6.07, 6.45) is 3.72. The van der Waals surface area contributed by atoms with Gasteiger partial charge in [-0.2, -0.15) is 0 Å². The van der Waals surface area contributed by atoms with E-state index in [1.54, 1.807) is 0 Å². The van der Waals surface area contributed by atoms with Gasteiger partial charge in [0.25, 0.3) is 0 Å². The van der Waals surface area contributed by atoms with Gasteiger partial charge in [-0.3, -0.25) is 0 Å². The summed E-state index contributed by atoms with van der Waals surface area (Å²) in [5, 5.41) is 3.43. The molecule has 1 saturated heterocycles. The van der Waals surface area contributed by atoms with Crippen LogP contribution < -0.4 is 10.2 Å². The topological polar surface area (TPSA) is 15.3 Å². The molecule has 1 aliphatic rings. The van der Waals surface area contributed by atoms with Crippen molar-refractivity contribution in [1.29, 1.82) is 0 Å². The van der Waals surface area contributed by atoms with E-state index in [-0.39, 0.29) is 0 Å². The van der Waals surface area contributed by atoms with Crippen molar-refractivity contribution in [1.82, 2.24) is 5.32 Å². The molecule has 100 valence electrons. The van der Waals surface area contributed by atoms with Gasteiger partial charge in [-0.05, 0) is 51.8 Å². The van der Waals surface area contributed by atoms with Crippen molar-refractivity contribution >= 4 is 5.69 Å². The van der Waals surface area contributed by atoms with Crippen molar-refractivity contribution < 1.29 is 0 Å². The number of hydrogen-bond acceptors (Lipinski definition) is 2. The highest BCUT2D eigenvalue weighted by molar-refractivity contribution is 5.57. The maximum atomic E-state index is 3.43. The summed E-state index contributed by atoms with van der Waals surface area (Å²) in [5.74, 6) is 0. The maximum Gasteiger partial charge on any atom is 0.0419 e.